The molecular formula is C20H19ClN2O4S. The molecule has 0 bridgehead atoms. The average molecular weight is 419 g/mol. The third-order valence-corrected chi connectivity index (χ3v) is 6.50. The van der Waals surface area contributed by atoms with E-state index in [1.54, 1.807) is 18.2 Å². The molecule has 2 aromatic carbocycles. The number of halogens is 1. The van der Waals surface area contributed by atoms with E-state index in [1.807, 2.05) is 13.0 Å². The van der Waals surface area contributed by atoms with Gasteiger partial charge < -0.3 is 9.32 Å². The van der Waals surface area contributed by atoms with Crippen LogP contribution in [-0.2, 0) is 23.0 Å². The second kappa shape index (κ2) is 6.62. The van der Waals surface area contributed by atoms with Crippen LogP contribution in [0, 0.1) is 6.92 Å². The van der Waals surface area contributed by atoms with Gasteiger partial charge in [-0.2, -0.15) is 0 Å². The summed E-state index contributed by atoms with van der Waals surface area (Å²) in [5, 5.41) is 6.65. The smallest absolute Gasteiger partial charge is 0.336 e. The fourth-order valence-electron chi connectivity index (χ4n) is 3.75. The molecule has 1 aliphatic heterocycles. The van der Waals surface area contributed by atoms with Gasteiger partial charge in [0.05, 0.1) is 4.90 Å². The highest BCUT2D eigenvalue weighted by molar-refractivity contribution is 7.89. The largest absolute Gasteiger partial charge is 0.423 e. The van der Waals surface area contributed by atoms with Crippen molar-refractivity contribution in [1.82, 2.24) is 0 Å². The zero-order valence-electron chi connectivity index (χ0n) is 15.4. The van der Waals surface area contributed by atoms with Crippen LogP contribution in [0.25, 0.3) is 11.0 Å². The zero-order valence-corrected chi connectivity index (χ0v) is 17.0. The van der Waals surface area contributed by atoms with Crippen LogP contribution in [0.3, 0.4) is 0 Å². The topological polar surface area (TPSA) is 93.6 Å². The van der Waals surface area contributed by atoms with Gasteiger partial charge in [-0.15, -0.1) is 0 Å². The summed E-state index contributed by atoms with van der Waals surface area (Å²) in [6.45, 7) is 4.39. The number of primary sulfonamides is 1. The Labute approximate surface area is 167 Å². The Morgan fingerprint density at radius 2 is 2.00 bits per heavy atom. The second-order valence-electron chi connectivity index (χ2n) is 7.20. The van der Waals surface area contributed by atoms with Crippen molar-refractivity contribution in [2.24, 2.45) is 5.14 Å². The molecule has 4 rings (SSSR count). The third kappa shape index (κ3) is 3.30. The summed E-state index contributed by atoms with van der Waals surface area (Å²) in [7, 11) is -3.75. The van der Waals surface area contributed by atoms with Crippen LogP contribution in [0.5, 0.6) is 0 Å². The number of nitrogens with two attached hydrogens (primary N) is 1. The van der Waals surface area contributed by atoms with Crippen molar-refractivity contribution in [2.45, 2.75) is 37.8 Å². The van der Waals surface area contributed by atoms with Crippen molar-refractivity contribution in [1.29, 1.82) is 0 Å². The Balaban J connectivity index is 1.79. The molecule has 0 saturated heterocycles. The number of sulfonamides is 1. The summed E-state index contributed by atoms with van der Waals surface area (Å²) >= 11 is 6.28. The first-order chi connectivity index (χ1) is 13.1. The molecule has 3 aromatic rings. The van der Waals surface area contributed by atoms with Gasteiger partial charge in [-0.05, 0) is 67.3 Å². The number of nitrogens with zero attached hydrogens (tertiary/aromatic N) is 1. The minimum atomic E-state index is -3.75. The third-order valence-electron chi connectivity index (χ3n) is 5.19. The number of benzene rings is 2. The number of anilines is 1. The summed E-state index contributed by atoms with van der Waals surface area (Å²) in [5.41, 5.74) is 3.58. The quantitative estimate of drug-likeness (QED) is 0.658. The van der Waals surface area contributed by atoms with Crippen LogP contribution >= 0.6 is 11.6 Å². The maximum absolute atomic E-state index is 12.1. The summed E-state index contributed by atoms with van der Waals surface area (Å²) < 4.78 is 28.6. The van der Waals surface area contributed by atoms with Crippen molar-refractivity contribution in [3.05, 3.63) is 68.5 Å². The molecule has 1 unspecified atom stereocenters. The van der Waals surface area contributed by atoms with Crippen LogP contribution in [-0.4, -0.2) is 14.5 Å². The molecule has 6 nitrogen and oxygen atoms in total. The maximum atomic E-state index is 12.1. The van der Waals surface area contributed by atoms with Gasteiger partial charge in [0.1, 0.15) is 5.58 Å². The van der Waals surface area contributed by atoms with Crippen LogP contribution in [0.4, 0.5) is 5.69 Å². The van der Waals surface area contributed by atoms with E-state index in [0.29, 0.717) is 23.6 Å². The Bertz CT molecular complexity index is 1270. The number of aryl methyl sites for hydroxylation is 1. The molecule has 0 aliphatic carbocycles. The normalized spacial score (nSPS) is 16.6. The molecule has 0 saturated carbocycles. The Morgan fingerprint density at radius 3 is 2.71 bits per heavy atom. The monoisotopic (exact) mass is 418 g/mol. The van der Waals surface area contributed by atoms with Crippen LogP contribution in [0.2, 0.25) is 5.02 Å². The molecule has 8 heteroatoms. The van der Waals surface area contributed by atoms with Gasteiger partial charge >= 0.3 is 5.63 Å². The van der Waals surface area contributed by atoms with Crippen molar-refractivity contribution in [3.63, 3.8) is 0 Å². The summed E-state index contributed by atoms with van der Waals surface area (Å²) in [6.07, 6.45) is 0.692. The molecule has 0 fully saturated rings. The molecule has 0 amide bonds. The average Bonchev–Trinajstić information content (AvgIpc) is 2.90. The SMILES string of the molecule is Cc1cc2oc(=O)cc(CN3c4ccc(S(N)(=O)=O)cc4CC3C)c2cc1Cl. The van der Waals surface area contributed by atoms with E-state index in [9.17, 15) is 13.2 Å². The molecule has 146 valence electrons. The van der Waals surface area contributed by atoms with E-state index in [1.165, 1.54) is 12.1 Å². The number of fused-ring (bicyclic) bond motifs is 2. The first kappa shape index (κ1) is 19.0. The lowest BCUT2D eigenvalue weighted by molar-refractivity contribution is 0.557. The highest BCUT2D eigenvalue weighted by atomic mass is 35.5. The van der Waals surface area contributed by atoms with E-state index >= 15 is 0 Å². The van der Waals surface area contributed by atoms with E-state index in [0.717, 1.165) is 27.8 Å². The van der Waals surface area contributed by atoms with Crippen LogP contribution in [0.15, 0.2) is 50.5 Å². The fraction of sp³-hybridized carbons (Fsp3) is 0.250. The predicted molar refractivity (Wildman–Crippen MR) is 109 cm³/mol. The molecule has 2 N–H and O–H groups in total. The van der Waals surface area contributed by atoms with E-state index < -0.39 is 15.6 Å². The van der Waals surface area contributed by atoms with E-state index in [4.69, 9.17) is 21.2 Å². The molecular weight excluding hydrogens is 400 g/mol. The maximum Gasteiger partial charge on any atom is 0.336 e. The standard InChI is InChI=1S/C20H19ClN2O4S/c1-11-5-19-16(9-17(11)21)14(8-20(24)27-19)10-23-12(2)6-13-7-15(28(22,25)26)3-4-18(13)23/h3-5,7-9,12H,6,10H2,1-2H3,(H2,22,25,26). The highest BCUT2D eigenvalue weighted by Crippen LogP contribution is 2.36. The van der Waals surface area contributed by atoms with E-state index in [2.05, 4.69) is 11.8 Å². The van der Waals surface area contributed by atoms with Crippen molar-refractivity contribution in [3.8, 4) is 0 Å². The first-order valence-electron chi connectivity index (χ1n) is 8.79. The van der Waals surface area contributed by atoms with Gasteiger partial charge in [-0.3, -0.25) is 0 Å². The van der Waals surface area contributed by atoms with Crippen molar-refractivity contribution < 1.29 is 12.8 Å². The Hall–Kier alpha value is -2.35. The molecule has 0 spiro atoms. The molecule has 2 heterocycles. The second-order valence-corrected chi connectivity index (χ2v) is 9.17. The van der Waals surface area contributed by atoms with Gasteiger partial charge in [0, 0.05) is 34.7 Å². The predicted octanol–water partition coefficient (Wildman–Crippen LogP) is 3.35. The number of hydrogen-bond donors (Lipinski definition) is 1. The molecule has 1 aromatic heterocycles. The van der Waals surface area contributed by atoms with E-state index in [-0.39, 0.29) is 10.9 Å². The fourth-order valence-corrected chi connectivity index (χ4v) is 4.48. The summed E-state index contributed by atoms with van der Waals surface area (Å²) in [6, 6.07) is 10.1. The first-order valence-corrected chi connectivity index (χ1v) is 10.7. The highest BCUT2D eigenvalue weighted by Gasteiger charge is 2.28. The molecule has 1 atom stereocenters. The van der Waals surface area contributed by atoms with Gasteiger partial charge in [0.25, 0.3) is 0 Å². The number of rotatable bonds is 3. The van der Waals surface area contributed by atoms with Crippen molar-refractivity contribution in [2.75, 3.05) is 4.90 Å². The van der Waals surface area contributed by atoms with Crippen molar-refractivity contribution >= 4 is 38.3 Å². The lowest BCUT2D eigenvalue weighted by atomic mass is 10.1. The van der Waals surface area contributed by atoms with Crippen LogP contribution in [0.1, 0.15) is 23.6 Å². The van der Waals surface area contributed by atoms with Gasteiger partial charge in [0.15, 0.2) is 0 Å². The van der Waals surface area contributed by atoms with Gasteiger partial charge in [0.2, 0.25) is 10.0 Å². The lowest BCUT2D eigenvalue weighted by Crippen LogP contribution is -2.29. The molecule has 0 radical (unpaired) electrons. The Kier molecular flexibility index (Phi) is 4.49. The molecule has 28 heavy (non-hydrogen) atoms. The van der Waals surface area contributed by atoms with Gasteiger partial charge in [-0.25, -0.2) is 18.4 Å². The van der Waals surface area contributed by atoms with Crippen LogP contribution < -0.4 is 15.7 Å². The van der Waals surface area contributed by atoms with Gasteiger partial charge in [-0.1, -0.05) is 11.6 Å². The Morgan fingerprint density at radius 1 is 1.25 bits per heavy atom. The zero-order chi connectivity index (χ0) is 20.2. The molecule has 1 aliphatic rings. The summed E-state index contributed by atoms with van der Waals surface area (Å²) in [4.78, 5) is 14.3. The lowest BCUT2D eigenvalue weighted by Gasteiger charge is -2.25. The summed E-state index contributed by atoms with van der Waals surface area (Å²) in [5.74, 6) is 0. The minimum absolute atomic E-state index is 0.105. The minimum Gasteiger partial charge on any atom is -0.423 e. The number of hydrogen-bond acceptors (Lipinski definition) is 5.